The maximum Gasteiger partial charge on any atom is 0.242 e. The second kappa shape index (κ2) is 8.62. The number of nitrogens with zero attached hydrogens (tertiary/aromatic N) is 4. The average molecular weight is 358 g/mol. The van der Waals surface area contributed by atoms with Crippen molar-refractivity contribution in [2.75, 3.05) is 33.7 Å². The van der Waals surface area contributed by atoms with E-state index in [2.05, 4.69) is 16.0 Å². The van der Waals surface area contributed by atoms with E-state index in [1.165, 1.54) is 5.56 Å². The molecule has 2 amide bonds. The van der Waals surface area contributed by atoms with E-state index in [9.17, 15) is 9.59 Å². The Bertz CT molecular complexity index is 629. The summed E-state index contributed by atoms with van der Waals surface area (Å²) in [7, 11) is 4.07. The fourth-order valence-corrected chi connectivity index (χ4v) is 3.92. The van der Waals surface area contributed by atoms with E-state index in [0.717, 1.165) is 50.9 Å². The third-order valence-electron chi connectivity index (χ3n) is 5.26. The number of hydrogen-bond acceptors (Lipinski definition) is 4. The van der Waals surface area contributed by atoms with Crippen molar-refractivity contribution in [3.8, 4) is 0 Å². The van der Waals surface area contributed by atoms with Crippen molar-refractivity contribution in [2.24, 2.45) is 0 Å². The van der Waals surface area contributed by atoms with Crippen LogP contribution in [0.4, 0.5) is 0 Å². The molecule has 0 aromatic carbocycles. The molecule has 1 aromatic heterocycles. The fourth-order valence-electron chi connectivity index (χ4n) is 3.92. The minimum Gasteiger partial charge on any atom is -0.333 e. The molecule has 1 atom stereocenters. The number of hydrogen-bond donors (Lipinski definition) is 0. The van der Waals surface area contributed by atoms with Gasteiger partial charge in [0.05, 0.1) is 18.3 Å². The molecule has 0 unspecified atom stereocenters. The second-order valence-electron chi connectivity index (χ2n) is 7.70. The molecule has 3 rings (SSSR count). The van der Waals surface area contributed by atoms with Crippen LogP contribution in [-0.4, -0.2) is 65.2 Å². The fraction of sp³-hybridized carbons (Fsp3) is 0.650. The Hall–Kier alpha value is -1.95. The van der Waals surface area contributed by atoms with Crippen molar-refractivity contribution in [3.63, 3.8) is 0 Å². The summed E-state index contributed by atoms with van der Waals surface area (Å²) in [6.07, 6.45) is 7.44. The molecule has 6 heteroatoms. The number of amides is 2. The number of aromatic nitrogens is 1. The second-order valence-corrected chi connectivity index (χ2v) is 7.70. The highest BCUT2D eigenvalue weighted by molar-refractivity contribution is 5.85. The maximum atomic E-state index is 12.9. The lowest BCUT2D eigenvalue weighted by atomic mass is 10.1. The van der Waals surface area contributed by atoms with E-state index in [4.69, 9.17) is 0 Å². The SMILES string of the molecule is CN(C)Cc1ccc([C@@H]2CCCN2C(=O)CN2CCCCCC2=O)nc1. The molecule has 26 heavy (non-hydrogen) atoms. The van der Waals surface area contributed by atoms with E-state index < -0.39 is 0 Å². The minimum atomic E-state index is 0.0398. The molecular weight excluding hydrogens is 328 g/mol. The van der Waals surface area contributed by atoms with Crippen LogP contribution in [0.15, 0.2) is 18.3 Å². The largest absolute Gasteiger partial charge is 0.333 e. The molecule has 3 heterocycles. The van der Waals surface area contributed by atoms with Crippen LogP contribution in [-0.2, 0) is 16.1 Å². The summed E-state index contributed by atoms with van der Waals surface area (Å²) in [4.78, 5) is 35.5. The number of carbonyl (C=O) groups excluding carboxylic acids is 2. The van der Waals surface area contributed by atoms with E-state index in [-0.39, 0.29) is 24.4 Å². The summed E-state index contributed by atoms with van der Waals surface area (Å²) >= 11 is 0. The van der Waals surface area contributed by atoms with Crippen LogP contribution in [0.5, 0.6) is 0 Å². The molecule has 0 N–H and O–H groups in total. The van der Waals surface area contributed by atoms with Gasteiger partial charge in [0, 0.05) is 32.3 Å². The topological polar surface area (TPSA) is 56.8 Å². The highest BCUT2D eigenvalue weighted by Gasteiger charge is 2.32. The Labute approximate surface area is 156 Å². The number of carbonyl (C=O) groups is 2. The molecular formula is C20H30N4O2. The van der Waals surface area contributed by atoms with Crippen LogP contribution >= 0.6 is 0 Å². The first kappa shape index (κ1) is 18.8. The Kier molecular flexibility index (Phi) is 6.25. The van der Waals surface area contributed by atoms with Crippen molar-refractivity contribution in [2.45, 2.75) is 51.1 Å². The summed E-state index contributed by atoms with van der Waals surface area (Å²) in [5.74, 6) is 0.180. The first-order chi connectivity index (χ1) is 12.5. The molecule has 2 aliphatic rings. The van der Waals surface area contributed by atoms with Crippen LogP contribution in [0.2, 0.25) is 0 Å². The van der Waals surface area contributed by atoms with Crippen LogP contribution in [0.25, 0.3) is 0 Å². The van der Waals surface area contributed by atoms with Crippen molar-refractivity contribution < 1.29 is 9.59 Å². The Morgan fingerprint density at radius 3 is 2.77 bits per heavy atom. The molecule has 2 aliphatic heterocycles. The zero-order valence-corrected chi connectivity index (χ0v) is 16.0. The summed E-state index contributed by atoms with van der Waals surface area (Å²) in [5.41, 5.74) is 2.13. The standard InChI is InChI=1S/C20H30N4O2/c1-22(2)14-16-9-10-17(21-13-16)18-7-6-12-24(18)20(26)15-23-11-5-3-4-8-19(23)25/h9-10,13,18H,3-8,11-12,14-15H2,1-2H3/t18-/m0/s1. The third-order valence-corrected chi connectivity index (χ3v) is 5.26. The van der Waals surface area contributed by atoms with Crippen LogP contribution in [0.1, 0.15) is 55.8 Å². The highest BCUT2D eigenvalue weighted by atomic mass is 16.2. The molecule has 6 nitrogen and oxygen atoms in total. The van der Waals surface area contributed by atoms with Gasteiger partial charge in [-0.2, -0.15) is 0 Å². The molecule has 0 saturated carbocycles. The molecule has 0 aliphatic carbocycles. The first-order valence-electron chi connectivity index (χ1n) is 9.71. The van der Waals surface area contributed by atoms with Crippen molar-refractivity contribution >= 4 is 11.8 Å². The monoisotopic (exact) mass is 358 g/mol. The van der Waals surface area contributed by atoms with Crippen molar-refractivity contribution in [3.05, 3.63) is 29.6 Å². The quantitative estimate of drug-likeness (QED) is 0.810. The van der Waals surface area contributed by atoms with Crippen LogP contribution in [0.3, 0.4) is 0 Å². The molecule has 2 saturated heterocycles. The van der Waals surface area contributed by atoms with Gasteiger partial charge in [-0.05, 0) is 51.4 Å². The summed E-state index contributed by atoms with van der Waals surface area (Å²) < 4.78 is 0. The van der Waals surface area contributed by atoms with Gasteiger partial charge in [0.25, 0.3) is 0 Å². The minimum absolute atomic E-state index is 0.0398. The summed E-state index contributed by atoms with van der Waals surface area (Å²) in [5, 5.41) is 0. The molecule has 0 radical (unpaired) electrons. The van der Waals surface area contributed by atoms with E-state index in [1.807, 2.05) is 31.3 Å². The molecule has 1 aromatic rings. The lowest BCUT2D eigenvalue weighted by Crippen LogP contribution is -2.42. The van der Waals surface area contributed by atoms with E-state index >= 15 is 0 Å². The summed E-state index contributed by atoms with van der Waals surface area (Å²) in [6, 6.07) is 4.19. The number of likely N-dealkylation sites (tertiary alicyclic amines) is 2. The zero-order valence-electron chi connectivity index (χ0n) is 16.0. The van der Waals surface area contributed by atoms with Gasteiger partial charge < -0.3 is 14.7 Å². The van der Waals surface area contributed by atoms with Gasteiger partial charge in [0.2, 0.25) is 11.8 Å². The number of pyridine rings is 1. The van der Waals surface area contributed by atoms with Gasteiger partial charge in [-0.3, -0.25) is 14.6 Å². The van der Waals surface area contributed by atoms with Gasteiger partial charge in [-0.15, -0.1) is 0 Å². The lowest BCUT2D eigenvalue weighted by Gasteiger charge is -2.28. The Balaban J connectivity index is 1.65. The van der Waals surface area contributed by atoms with Crippen molar-refractivity contribution in [1.29, 1.82) is 0 Å². The van der Waals surface area contributed by atoms with Crippen LogP contribution < -0.4 is 0 Å². The number of rotatable bonds is 5. The lowest BCUT2D eigenvalue weighted by molar-refractivity contribution is -0.140. The van der Waals surface area contributed by atoms with Crippen molar-refractivity contribution in [1.82, 2.24) is 19.7 Å². The Morgan fingerprint density at radius 1 is 1.19 bits per heavy atom. The maximum absolute atomic E-state index is 12.9. The predicted molar refractivity (Wildman–Crippen MR) is 100 cm³/mol. The van der Waals surface area contributed by atoms with Gasteiger partial charge >= 0.3 is 0 Å². The summed E-state index contributed by atoms with van der Waals surface area (Å²) in [6.45, 7) is 2.54. The van der Waals surface area contributed by atoms with Gasteiger partial charge in [0.1, 0.15) is 0 Å². The first-order valence-corrected chi connectivity index (χ1v) is 9.71. The third kappa shape index (κ3) is 4.61. The van der Waals surface area contributed by atoms with Gasteiger partial charge in [-0.25, -0.2) is 0 Å². The van der Waals surface area contributed by atoms with E-state index in [1.54, 1.807) is 4.90 Å². The van der Waals surface area contributed by atoms with Crippen LogP contribution in [0, 0.1) is 0 Å². The molecule has 0 bridgehead atoms. The van der Waals surface area contributed by atoms with Gasteiger partial charge in [0.15, 0.2) is 0 Å². The normalized spacial score (nSPS) is 21.3. The van der Waals surface area contributed by atoms with E-state index in [0.29, 0.717) is 13.0 Å². The smallest absolute Gasteiger partial charge is 0.242 e. The average Bonchev–Trinajstić information content (AvgIpc) is 3.01. The zero-order chi connectivity index (χ0) is 18.5. The Morgan fingerprint density at radius 2 is 2.04 bits per heavy atom. The highest BCUT2D eigenvalue weighted by Crippen LogP contribution is 2.31. The molecule has 142 valence electrons. The van der Waals surface area contributed by atoms with Gasteiger partial charge in [-0.1, -0.05) is 12.5 Å². The predicted octanol–water partition coefficient (Wildman–Crippen LogP) is 2.21. The molecule has 0 spiro atoms. The molecule has 2 fully saturated rings.